The Hall–Kier alpha value is -3.10. The average Bonchev–Trinajstić information content (AvgIpc) is 2.56. The van der Waals surface area contributed by atoms with E-state index in [2.05, 4.69) is 5.32 Å². The minimum absolute atomic E-state index is 0.409. The van der Waals surface area contributed by atoms with Crippen LogP contribution in [0.15, 0.2) is 47.4 Å². The number of anilines is 2. The van der Waals surface area contributed by atoms with Gasteiger partial charge in [-0.25, -0.2) is 0 Å². The summed E-state index contributed by atoms with van der Waals surface area (Å²) >= 11 is 0. The lowest BCUT2D eigenvalue weighted by Gasteiger charge is -2.42. The summed E-state index contributed by atoms with van der Waals surface area (Å²) in [5.74, 6) is -1.12. The first-order chi connectivity index (χ1) is 12.5. The van der Waals surface area contributed by atoms with Crippen LogP contribution in [0.5, 0.6) is 0 Å². The molecule has 2 heterocycles. The summed E-state index contributed by atoms with van der Waals surface area (Å²) in [4.78, 5) is 38.4. The summed E-state index contributed by atoms with van der Waals surface area (Å²) in [6.07, 6.45) is -4.04. The maximum absolute atomic E-state index is 12.9. The molecule has 0 aliphatic carbocycles. The van der Waals surface area contributed by atoms with E-state index in [-0.39, 0.29) is 0 Å². The summed E-state index contributed by atoms with van der Waals surface area (Å²) in [5, 5.41) is 2.69. The van der Waals surface area contributed by atoms with E-state index in [0.717, 1.165) is 6.07 Å². The first-order valence-electron chi connectivity index (χ1n) is 8.03. The molecule has 1 N–H and O–H groups in total. The van der Waals surface area contributed by atoms with Gasteiger partial charge < -0.3 is 9.88 Å². The van der Waals surface area contributed by atoms with Crippen LogP contribution in [0.2, 0.25) is 0 Å². The highest BCUT2D eigenvalue weighted by Crippen LogP contribution is 2.36. The molecule has 3 rings (SSSR count). The number of benzene rings is 1. The fourth-order valence-electron chi connectivity index (χ4n) is 2.94. The number of carbonyl (C=O) groups is 2. The number of halogens is 3. The maximum atomic E-state index is 12.9. The number of pyridine rings is 1. The van der Waals surface area contributed by atoms with Crippen molar-refractivity contribution < 1.29 is 22.8 Å². The number of carbonyl (C=O) groups excluding carboxylic acids is 2. The summed E-state index contributed by atoms with van der Waals surface area (Å²) in [5.41, 5.74) is -2.25. The molecule has 2 amide bonds. The number of nitrogens with one attached hydrogen (secondary N) is 1. The predicted octanol–water partition coefficient (Wildman–Crippen LogP) is 2.63. The minimum atomic E-state index is -4.64. The van der Waals surface area contributed by atoms with Crippen LogP contribution in [0.3, 0.4) is 0 Å². The molecule has 0 radical (unpaired) electrons. The molecule has 0 bridgehead atoms. The van der Waals surface area contributed by atoms with Crippen LogP contribution in [0.1, 0.15) is 19.4 Å². The number of fused-ring (bicyclic) bond motifs is 1. The second kappa shape index (κ2) is 6.26. The van der Waals surface area contributed by atoms with Gasteiger partial charge in [0.25, 0.3) is 5.56 Å². The van der Waals surface area contributed by atoms with Crippen LogP contribution in [0, 0.1) is 0 Å². The molecule has 9 heteroatoms. The van der Waals surface area contributed by atoms with Crippen molar-refractivity contribution in [3.05, 3.63) is 58.5 Å². The molecule has 0 saturated carbocycles. The number of rotatable bonds is 2. The van der Waals surface area contributed by atoms with E-state index in [1.807, 2.05) is 0 Å². The van der Waals surface area contributed by atoms with E-state index < -0.39 is 41.2 Å². The molecule has 0 fully saturated rings. The topological polar surface area (TPSA) is 71.4 Å². The number of hydrogen-bond donors (Lipinski definition) is 1. The van der Waals surface area contributed by atoms with Crippen molar-refractivity contribution in [3.8, 4) is 0 Å². The quantitative estimate of drug-likeness (QED) is 0.872. The number of aromatic nitrogens is 1. The Morgan fingerprint density at radius 2 is 1.78 bits per heavy atom. The van der Waals surface area contributed by atoms with Crippen LogP contribution in [0.25, 0.3) is 0 Å². The van der Waals surface area contributed by atoms with Gasteiger partial charge in [0.1, 0.15) is 12.1 Å². The molecule has 1 aromatic heterocycles. The first kappa shape index (κ1) is 18.7. The van der Waals surface area contributed by atoms with Crippen molar-refractivity contribution >= 4 is 23.2 Å². The second-order valence-corrected chi connectivity index (χ2v) is 6.64. The lowest BCUT2D eigenvalue weighted by Crippen LogP contribution is -2.59. The van der Waals surface area contributed by atoms with Gasteiger partial charge in [0.2, 0.25) is 11.8 Å². The predicted molar refractivity (Wildman–Crippen MR) is 92.3 cm³/mol. The smallest absolute Gasteiger partial charge is 0.322 e. The van der Waals surface area contributed by atoms with Gasteiger partial charge in [0.05, 0.1) is 16.9 Å². The summed E-state index contributed by atoms with van der Waals surface area (Å²) in [6.45, 7) is 2.41. The molecule has 27 heavy (non-hydrogen) atoms. The zero-order valence-electron chi connectivity index (χ0n) is 14.5. The Morgan fingerprint density at radius 3 is 2.44 bits per heavy atom. The zero-order chi connectivity index (χ0) is 20.0. The molecule has 1 aromatic carbocycles. The van der Waals surface area contributed by atoms with E-state index in [9.17, 15) is 27.6 Å². The van der Waals surface area contributed by atoms with Crippen molar-refractivity contribution in [1.82, 2.24) is 4.57 Å². The molecule has 142 valence electrons. The number of amides is 2. The second-order valence-electron chi connectivity index (χ2n) is 6.64. The molecule has 2 aromatic rings. The fraction of sp³-hybridized carbons (Fsp3) is 0.278. The van der Waals surface area contributed by atoms with Gasteiger partial charge in [0, 0.05) is 12.3 Å². The van der Waals surface area contributed by atoms with Crippen molar-refractivity contribution in [3.63, 3.8) is 0 Å². The highest BCUT2D eigenvalue weighted by atomic mass is 19.4. The van der Waals surface area contributed by atoms with Crippen molar-refractivity contribution in [2.75, 3.05) is 10.2 Å². The average molecular weight is 379 g/mol. The molecule has 0 spiro atoms. The lowest BCUT2D eigenvalue weighted by molar-refractivity contribution is -0.138. The molecule has 0 atom stereocenters. The molecular formula is C18H16F3N3O3. The van der Waals surface area contributed by atoms with E-state index in [1.54, 1.807) is 24.3 Å². The monoisotopic (exact) mass is 379 g/mol. The van der Waals surface area contributed by atoms with Crippen LogP contribution >= 0.6 is 0 Å². The molecule has 1 aliphatic heterocycles. The fourth-order valence-corrected chi connectivity index (χ4v) is 2.94. The Kier molecular flexibility index (Phi) is 4.33. The van der Waals surface area contributed by atoms with E-state index in [4.69, 9.17) is 0 Å². The van der Waals surface area contributed by atoms with E-state index >= 15 is 0 Å². The number of para-hydroxylation sites is 2. The Labute approximate surface area is 152 Å². The Balaban J connectivity index is 2.01. The molecule has 6 nitrogen and oxygen atoms in total. The van der Waals surface area contributed by atoms with Crippen molar-refractivity contribution in [1.29, 1.82) is 0 Å². The zero-order valence-corrected chi connectivity index (χ0v) is 14.5. The van der Waals surface area contributed by atoms with E-state index in [0.29, 0.717) is 28.2 Å². The van der Waals surface area contributed by atoms with Gasteiger partial charge in [-0.15, -0.1) is 0 Å². The summed E-state index contributed by atoms with van der Waals surface area (Å²) in [6, 6.07) is 8.00. The van der Waals surface area contributed by atoms with Crippen LogP contribution in [0.4, 0.5) is 24.5 Å². The van der Waals surface area contributed by atoms with Crippen LogP contribution in [-0.4, -0.2) is 21.9 Å². The largest absolute Gasteiger partial charge is 0.417 e. The van der Waals surface area contributed by atoms with Gasteiger partial charge >= 0.3 is 6.18 Å². The van der Waals surface area contributed by atoms with Gasteiger partial charge in [-0.1, -0.05) is 12.1 Å². The molecule has 1 aliphatic rings. The van der Waals surface area contributed by atoms with Crippen LogP contribution < -0.4 is 15.8 Å². The first-order valence-corrected chi connectivity index (χ1v) is 8.03. The lowest BCUT2D eigenvalue weighted by atomic mass is 9.96. The Morgan fingerprint density at radius 1 is 1.11 bits per heavy atom. The highest BCUT2D eigenvalue weighted by molar-refractivity contribution is 6.14. The number of nitrogens with zero attached hydrogens (tertiary/aromatic N) is 2. The number of alkyl halides is 3. The number of hydrogen-bond acceptors (Lipinski definition) is 3. The normalized spacial score (nSPS) is 15.9. The minimum Gasteiger partial charge on any atom is -0.322 e. The Bertz CT molecular complexity index is 980. The molecular weight excluding hydrogens is 363 g/mol. The van der Waals surface area contributed by atoms with Gasteiger partial charge in [-0.05, 0) is 32.0 Å². The van der Waals surface area contributed by atoms with Crippen molar-refractivity contribution in [2.45, 2.75) is 32.1 Å². The molecule has 0 saturated heterocycles. The van der Waals surface area contributed by atoms with E-state index in [1.165, 1.54) is 18.7 Å². The molecule has 0 unspecified atom stereocenters. The standard InChI is InChI=1S/C18H16F3N3O3/c1-17(2)16(27)22-12-5-3-4-6-13(12)24(17)15(26)10-23-9-11(18(19,20)21)7-8-14(23)25/h3-9H,10H2,1-2H3,(H,22,27). The third-order valence-electron chi connectivity index (χ3n) is 4.37. The maximum Gasteiger partial charge on any atom is 0.417 e. The summed E-state index contributed by atoms with van der Waals surface area (Å²) < 4.78 is 39.4. The third-order valence-corrected chi connectivity index (χ3v) is 4.37. The van der Waals surface area contributed by atoms with Crippen molar-refractivity contribution in [2.24, 2.45) is 0 Å². The SMILES string of the molecule is CC1(C)C(=O)Nc2ccccc2N1C(=O)Cn1cc(C(F)(F)F)ccc1=O. The van der Waals surface area contributed by atoms with Gasteiger partial charge in [-0.2, -0.15) is 13.2 Å². The summed E-state index contributed by atoms with van der Waals surface area (Å²) in [7, 11) is 0. The van der Waals surface area contributed by atoms with Gasteiger partial charge in [-0.3, -0.25) is 19.3 Å². The third kappa shape index (κ3) is 3.32. The van der Waals surface area contributed by atoms with Crippen LogP contribution in [-0.2, 0) is 22.3 Å². The van der Waals surface area contributed by atoms with Gasteiger partial charge in [0.15, 0.2) is 0 Å². The highest BCUT2D eigenvalue weighted by Gasteiger charge is 2.43.